The summed E-state index contributed by atoms with van der Waals surface area (Å²) in [5.41, 5.74) is 1.87. The average molecular weight is 252 g/mol. The molecule has 1 amide bonds. The summed E-state index contributed by atoms with van der Waals surface area (Å²) in [5, 5.41) is 15.0. The van der Waals surface area contributed by atoms with E-state index in [2.05, 4.69) is 10.6 Å². The third-order valence-electron chi connectivity index (χ3n) is 2.33. The maximum atomic E-state index is 11.6. The van der Waals surface area contributed by atoms with Crippen molar-refractivity contribution in [2.75, 3.05) is 32.1 Å². The zero-order valence-electron chi connectivity index (χ0n) is 10.8. The van der Waals surface area contributed by atoms with Gasteiger partial charge in [0.2, 0.25) is 5.91 Å². The first-order valence-corrected chi connectivity index (χ1v) is 5.86. The molecule has 1 aromatic rings. The van der Waals surface area contributed by atoms with Gasteiger partial charge in [0.05, 0.1) is 19.3 Å². The number of ether oxygens (including phenoxy) is 1. The molecule has 1 aromatic carbocycles. The number of aliphatic hydroxyl groups excluding tert-OH is 1. The SMILES string of the molecule is COCC(O)CNCC(=O)Nc1cccc(C)c1. The number of carbonyl (C=O) groups excluding carboxylic acids is 1. The average Bonchev–Trinajstić information content (AvgIpc) is 2.29. The molecule has 0 heterocycles. The van der Waals surface area contributed by atoms with Crippen LogP contribution in [-0.4, -0.2) is 43.9 Å². The third kappa shape index (κ3) is 5.77. The molecule has 3 N–H and O–H groups in total. The van der Waals surface area contributed by atoms with E-state index in [0.29, 0.717) is 6.54 Å². The van der Waals surface area contributed by atoms with Gasteiger partial charge in [-0.15, -0.1) is 0 Å². The second-order valence-corrected chi connectivity index (χ2v) is 4.16. The van der Waals surface area contributed by atoms with E-state index in [-0.39, 0.29) is 19.1 Å². The van der Waals surface area contributed by atoms with Gasteiger partial charge in [-0.05, 0) is 24.6 Å². The molecular formula is C13H20N2O3. The first kappa shape index (κ1) is 14.6. The van der Waals surface area contributed by atoms with Gasteiger partial charge in [-0.1, -0.05) is 12.1 Å². The molecule has 0 aliphatic heterocycles. The van der Waals surface area contributed by atoms with Crippen LogP contribution in [0.1, 0.15) is 5.56 Å². The van der Waals surface area contributed by atoms with Crippen molar-refractivity contribution in [2.45, 2.75) is 13.0 Å². The summed E-state index contributed by atoms with van der Waals surface area (Å²) in [7, 11) is 1.52. The number of benzene rings is 1. The molecule has 0 fully saturated rings. The topological polar surface area (TPSA) is 70.6 Å². The first-order valence-electron chi connectivity index (χ1n) is 5.86. The first-order chi connectivity index (χ1) is 8.61. The standard InChI is InChI=1S/C13H20N2O3/c1-10-4-3-5-11(6-10)15-13(17)8-14-7-12(16)9-18-2/h3-6,12,14,16H,7-9H2,1-2H3,(H,15,17). The molecule has 5 nitrogen and oxygen atoms in total. The monoisotopic (exact) mass is 252 g/mol. The Labute approximate surface area is 107 Å². The molecule has 0 spiro atoms. The van der Waals surface area contributed by atoms with Crippen LogP contribution in [0.2, 0.25) is 0 Å². The molecule has 0 aromatic heterocycles. The number of methoxy groups -OCH3 is 1. The number of rotatable bonds is 7. The lowest BCUT2D eigenvalue weighted by Crippen LogP contribution is -2.35. The van der Waals surface area contributed by atoms with Crippen LogP contribution in [0.4, 0.5) is 5.69 Å². The molecule has 0 radical (unpaired) electrons. The molecule has 0 saturated carbocycles. The van der Waals surface area contributed by atoms with Gasteiger partial charge in [-0.25, -0.2) is 0 Å². The number of hydrogen-bond donors (Lipinski definition) is 3. The van der Waals surface area contributed by atoms with Crippen molar-refractivity contribution < 1.29 is 14.6 Å². The summed E-state index contributed by atoms with van der Waals surface area (Å²) in [6, 6.07) is 7.60. The third-order valence-corrected chi connectivity index (χ3v) is 2.33. The number of carbonyl (C=O) groups is 1. The van der Waals surface area contributed by atoms with Gasteiger partial charge in [0.15, 0.2) is 0 Å². The minimum Gasteiger partial charge on any atom is -0.389 e. The Morgan fingerprint density at radius 1 is 1.50 bits per heavy atom. The smallest absolute Gasteiger partial charge is 0.238 e. The van der Waals surface area contributed by atoms with E-state index in [1.165, 1.54) is 7.11 Å². The maximum Gasteiger partial charge on any atom is 0.238 e. The van der Waals surface area contributed by atoms with E-state index in [1.807, 2.05) is 31.2 Å². The van der Waals surface area contributed by atoms with Crippen molar-refractivity contribution in [3.05, 3.63) is 29.8 Å². The van der Waals surface area contributed by atoms with E-state index < -0.39 is 6.10 Å². The van der Waals surface area contributed by atoms with Crippen LogP contribution < -0.4 is 10.6 Å². The number of aliphatic hydroxyl groups is 1. The van der Waals surface area contributed by atoms with Crippen LogP contribution in [-0.2, 0) is 9.53 Å². The van der Waals surface area contributed by atoms with Crippen LogP contribution in [0.25, 0.3) is 0 Å². The zero-order valence-corrected chi connectivity index (χ0v) is 10.8. The van der Waals surface area contributed by atoms with E-state index in [4.69, 9.17) is 4.74 Å². The molecule has 0 bridgehead atoms. The van der Waals surface area contributed by atoms with Gasteiger partial charge >= 0.3 is 0 Å². The molecule has 5 heteroatoms. The lowest BCUT2D eigenvalue weighted by molar-refractivity contribution is -0.115. The molecule has 100 valence electrons. The number of amides is 1. The predicted molar refractivity (Wildman–Crippen MR) is 70.6 cm³/mol. The Bertz CT molecular complexity index is 382. The summed E-state index contributed by atoms with van der Waals surface area (Å²) >= 11 is 0. The number of hydrogen-bond acceptors (Lipinski definition) is 4. The Morgan fingerprint density at radius 3 is 2.94 bits per heavy atom. The molecule has 0 aliphatic rings. The van der Waals surface area contributed by atoms with Gasteiger partial charge in [-0.2, -0.15) is 0 Å². The van der Waals surface area contributed by atoms with E-state index in [9.17, 15) is 9.90 Å². The van der Waals surface area contributed by atoms with Gasteiger partial charge in [0.1, 0.15) is 0 Å². The van der Waals surface area contributed by atoms with E-state index in [0.717, 1.165) is 11.3 Å². The molecular weight excluding hydrogens is 232 g/mol. The van der Waals surface area contributed by atoms with Crippen LogP contribution in [0.3, 0.4) is 0 Å². The van der Waals surface area contributed by atoms with Gasteiger partial charge in [-0.3, -0.25) is 4.79 Å². The second kappa shape index (κ2) is 7.81. The lowest BCUT2D eigenvalue weighted by atomic mass is 10.2. The van der Waals surface area contributed by atoms with Gasteiger partial charge in [0, 0.05) is 19.3 Å². The summed E-state index contributed by atoms with van der Waals surface area (Å²) in [6.45, 7) is 2.71. The number of aryl methyl sites for hydroxylation is 1. The summed E-state index contributed by atoms with van der Waals surface area (Å²) in [4.78, 5) is 11.6. The minimum absolute atomic E-state index is 0.134. The highest BCUT2D eigenvalue weighted by atomic mass is 16.5. The van der Waals surface area contributed by atoms with E-state index in [1.54, 1.807) is 0 Å². The van der Waals surface area contributed by atoms with Gasteiger partial charge < -0.3 is 20.5 Å². The fourth-order valence-electron chi connectivity index (χ4n) is 1.53. The van der Waals surface area contributed by atoms with Crippen molar-refractivity contribution in [1.29, 1.82) is 0 Å². The highest BCUT2D eigenvalue weighted by Gasteiger charge is 2.05. The van der Waals surface area contributed by atoms with Crippen molar-refractivity contribution in [2.24, 2.45) is 0 Å². The molecule has 1 atom stereocenters. The molecule has 0 saturated heterocycles. The second-order valence-electron chi connectivity index (χ2n) is 4.16. The Balaban J connectivity index is 2.25. The zero-order chi connectivity index (χ0) is 13.4. The lowest BCUT2D eigenvalue weighted by Gasteiger charge is -2.11. The Kier molecular flexibility index (Phi) is 6.35. The van der Waals surface area contributed by atoms with Crippen LogP contribution in [0.5, 0.6) is 0 Å². The maximum absolute atomic E-state index is 11.6. The van der Waals surface area contributed by atoms with Crippen molar-refractivity contribution in [3.8, 4) is 0 Å². The van der Waals surface area contributed by atoms with Crippen LogP contribution >= 0.6 is 0 Å². The predicted octanol–water partition coefficient (Wildman–Crippen LogP) is 0.530. The minimum atomic E-state index is -0.596. The Hall–Kier alpha value is -1.43. The summed E-state index contributed by atoms with van der Waals surface area (Å²) < 4.78 is 4.78. The highest BCUT2D eigenvalue weighted by Crippen LogP contribution is 2.08. The number of nitrogens with one attached hydrogen (secondary N) is 2. The van der Waals surface area contributed by atoms with Crippen LogP contribution in [0.15, 0.2) is 24.3 Å². The normalized spacial score (nSPS) is 12.2. The fraction of sp³-hybridized carbons (Fsp3) is 0.462. The van der Waals surface area contributed by atoms with Crippen LogP contribution in [0, 0.1) is 6.92 Å². The number of anilines is 1. The Morgan fingerprint density at radius 2 is 2.28 bits per heavy atom. The fourth-order valence-corrected chi connectivity index (χ4v) is 1.53. The summed E-state index contributed by atoms with van der Waals surface area (Å²) in [5.74, 6) is -0.134. The van der Waals surface area contributed by atoms with Gasteiger partial charge in [0.25, 0.3) is 0 Å². The van der Waals surface area contributed by atoms with Crippen molar-refractivity contribution in [1.82, 2.24) is 5.32 Å². The molecule has 1 unspecified atom stereocenters. The van der Waals surface area contributed by atoms with Crippen molar-refractivity contribution in [3.63, 3.8) is 0 Å². The largest absolute Gasteiger partial charge is 0.389 e. The highest BCUT2D eigenvalue weighted by molar-refractivity contribution is 5.92. The van der Waals surface area contributed by atoms with E-state index >= 15 is 0 Å². The molecule has 0 aliphatic carbocycles. The molecule has 1 rings (SSSR count). The molecule has 18 heavy (non-hydrogen) atoms. The quantitative estimate of drug-likeness (QED) is 0.662. The summed E-state index contributed by atoms with van der Waals surface area (Å²) in [6.07, 6.45) is -0.596. The van der Waals surface area contributed by atoms with Crippen molar-refractivity contribution >= 4 is 11.6 Å².